The second-order valence-electron chi connectivity index (χ2n) is 5.27. The molecule has 0 saturated heterocycles. The summed E-state index contributed by atoms with van der Waals surface area (Å²) in [6.07, 6.45) is 4.03. The normalized spacial score (nSPS) is 11.2. The predicted molar refractivity (Wildman–Crippen MR) is 82.4 cm³/mol. The first-order valence-corrected chi connectivity index (χ1v) is 6.52. The molecule has 0 heterocycles. The van der Waals surface area contributed by atoms with Gasteiger partial charge in [0, 0.05) is 5.56 Å². The molecule has 19 heavy (non-hydrogen) atoms. The van der Waals surface area contributed by atoms with Crippen LogP contribution in [0.3, 0.4) is 0 Å². The van der Waals surface area contributed by atoms with Gasteiger partial charge in [0.15, 0.2) is 0 Å². The number of phenolic OH excluding ortho intramolecular Hbond substituents is 1. The molecule has 98 valence electrons. The fourth-order valence-corrected chi connectivity index (χ4v) is 2.41. The number of phenols is 1. The van der Waals surface area contributed by atoms with Crippen LogP contribution < -0.4 is 0 Å². The van der Waals surface area contributed by atoms with Gasteiger partial charge in [-0.3, -0.25) is 0 Å². The van der Waals surface area contributed by atoms with Crippen molar-refractivity contribution in [3.63, 3.8) is 0 Å². The van der Waals surface area contributed by atoms with Crippen LogP contribution in [0.2, 0.25) is 0 Å². The standard InChI is InChI=1S/C18H20O/c1-12-7-13(2)10-16(9-12)5-6-17-11-14(3)8-15(4)18(17)19/h5-11,19H,1-4H3. The lowest BCUT2D eigenvalue weighted by molar-refractivity contribution is 0.469. The van der Waals surface area contributed by atoms with Gasteiger partial charge in [-0.25, -0.2) is 0 Å². The highest BCUT2D eigenvalue weighted by molar-refractivity contribution is 5.74. The molecule has 0 spiro atoms. The molecule has 0 aliphatic carbocycles. The van der Waals surface area contributed by atoms with Crippen molar-refractivity contribution in [2.45, 2.75) is 27.7 Å². The van der Waals surface area contributed by atoms with Gasteiger partial charge in [-0.2, -0.15) is 0 Å². The first kappa shape index (κ1) is 13.4. The van der Waals surface area contributed by atoms with Crippen LogP contribution in [0, 0.1) is 27.7 Å². The Hall–Kier alpha value is -2.02. The lowest BCUT2D eigenvalue weighted by Crippen LogP contribution is -1.84. The zero-order chi connectivity index (χ0) is 14.0. The van der Waals surface area contributed by atoms with Gasteiger partial charge in [-0.1, -0.05) is 53.1 Å². The number of rotatable bonds is 2. The van der Waals surface area contributed by atoms with Gasteiger partial charge in [0.2, 0.25) is 0 Å². The Balaban J connectivity index is 2.37. The Kier molecular flexibility index (Phi) is 3.75. The second-order valence-corrected chi connectivity index (χ2v) is 5.27. The smallest absolute Gasteiger partial charge is 0.125 e. The molecule has 0 radical (unpaired) electrons. The highest BCUT2D eigenvalue weighted by Crippen LogP contribution is 2.25. The van der Waals surface area contributed by atoms with Crippen LogP contribution in [0.25, 0.3) is 12.2 Å². The largest absolute Gasteiger partial charge is 0.507 e. The van der Waals surface area contributed by atoms with Crippen LogP contribution in [-0.4, -0.2) is 5.11 Å². The van der Waals surface area contributed by atoms with Gasteiger partial charge in [-0.05, 0) is 44.9 Å². The maximum Gasteiger partial charge on any atom is 0.125 e. The Morgan fingerprint density at radius 1 is 0.737 bits per heavy atom. The molecule has 2 rings (SSSR count). The minimum absolute atomic E-state index is 0.367. The van der Waals surface area contributed by atoms with Crippen molar-refractivity contribution in [3.8, 4) is 5.75 Å². The Morgan fingerprint density at radius 3 is 1.95 bits per heavy atom. The van der Waals surface area contributed by atoms with E-state index in [9.17, 15) is 5.11 Å². The van der Waals surface area contributed by atoms with E-state index in [0.29, 0.717) is 5.75 Å². The summed E-state index contributed by atoms with van der Waals surface area (Å²) in [5.74, 6) is 0.367. The molecular weight excluding hydrogens is 232 g/mol. The van der Waals surface area contributed by atoms with Crippen LogP contribution in [0.15, 0.2) is 30.3 Å². The van der Waals surface area contributed by atoms with E-state index in [0.717, 1.165) is 22.3 Å². The van der Waals surface area contributed by atoms with E-state index < -0.39 is 0 Å². The van der Waals surface area contributed by atoms with Gasteiger partial charge in [0.1, 0.15) is 5.75 Å². The van der Waals surface area contributed by atoms with Crippen molar-refractivity contribution in [3.05, 3.63) is 63.7 Å². The topological polar surface area (TPSA) is 20.2 Å². The third kappa shape index (κ3) is 3.25. The van der Waals surface area contributed by atoms with E-state index >= 15 is 0 Å². The van der Waals surface area contributed by atoms with Crippen molar-refractivity contribution < 1.29 is 5.11 Å². The van der Waals surface area contributed by atoms with Crippen molar-refractivity contribution in [2.24, 2.45) is 0 Å². The summed E-state index contributed by atoms with van der Waals surface area (Å²) in [4.78, 5) is 0. The third-order valence-electron chi connectivity index (χ3n) is 3.17. The third-order valence-corrected chi connectivity index (χ3v) is 3.17. The van der Waals surface area contributed by atoms with Crippen LogP contribution in [0.5, 0.6) is 5.75 Å². The fraction of sp³-hybridized carbons (Fsp3) is 0.222. The molecule has 1 heteroatoms. The summed E-state index contributed by atoms with van der Waals surface area (Å²) in [5.41, 5.74) is 6.62. The summed E-state index contributed by atoms with van der Waals surface area (Å²) in [6, 6.07) is 10.4. The van der Waals surface area contributed by atoms with Gasteiger partial charge in [0.05, 0.1) is 0 Å². The van der Waals surface area contributed by atoms with Gasteiger partial charge >= 0.3 is 0 Å². The molecule has 1 nitrogen and oxygen atoms in total. The maximum atomic E-state index is 10.1. The average Bonchev–Trinajstić information content (AvgIpc) is 2.30. The summed E-state index contributed by atoms with van der Waals surface area (Å²) < 4.78 is 0. The van der Waals surface area contributed by atoms with Crippen LogP contribution >= 0.6 is 0 Å². The summed E-state index contributed by atoms with van der Waals surface area (Å²) >= 11 is 0. The van der Waals surface area contributed by atoms with Crippen LogP contribution in [0.1, 0.15) is 33.4 Å². The Morgan fingerprint density at radius 2 is 1.32 bits per heavy atom. The van der Waals surface area contributed by atoms with E-state index in [1.165, 1.54) is 11.1 Å². The fourth-order valence-electron chi connectivity index (χ4n) is 2.41. The zero-order valence-corrected chi connectivity index (χ0v) is 12.0. The van der Waals surface area contributed by atoms with Gasteiger partial charge in [-0.15, -0.1) is 0 Å². The quantitative estimate of drug-likeness (QED) is 0.761. The van der Waals surface area contributed by atoms with E-state index in [4.69, 9.17) is 0 Å². The van der Waals surface area contributed by atoms with Crippen LogP contribution in [-0.2, 0) is 0 Å². The SMILES string of the molecule is Cc1cc(C)cc(C=Cc2cc(C)cc(C)c2O)c1. The van der Waals surface area contributed by atoms with Gasteiger partial charge < -0.3 is 5.11 Å². The number of benzene rings is 2. The van der Waals surface area contributed by atoms with E-state index in [1.807, 2.05) is 38.1 Å². The summed E-state index contributed by atoms with van der Waals surface area (Å²) in [5, 5.41) is 10.1. The molecule has 0 fully saturated rings. The average molecular weight is 252 g/mol. The van der Waals surface area contributed by atoms with Crippen molar-refractivity contribution in [1.29, 1.82) is 0 Å². The lowest BCUT2D eigenvalue weighted by atomic mass is 10.0. The summed E-state index contributed by atoms with van der Waals surface area (Å²) in [6.45, 7) is 8.16. The minimum Gasteiger partial charge on any atom is -0.507 e. The molecule has 1 N–H and O–H groups in total. The zero-order valence-electron chi connectivity index (χ0n) is 12.0. The molecule has 0 aromatic heterocycles. The molecular formula is C18H20O. The molecule has 2 aromatic carbocycles. The molecule has 2 aromatic rings. The van der Waals surface area contributed by atoms with Crippen molar-refractivity contribution >= 4 is 12.2 Å². The molecule has 0 bridgehead atoms. The Labute approximate surface area is 115 Å². The lowest BCUT2D eigenvalue weighted by Gasteiger charge is -2.05. The molecule has 0 aliphatic heterocycles. The highest BCUT2D eigenvalue weighted by Gasteiger charge is 2.02. The maximum absolute atomic E-state index is 10.1. The predicted octanol–water partition coefficient (Wildman–Crippen LogP) is 4.80. The van der Waals surface area contributed by atoms with E-state index in [-0.39, 0.29) is 0 Å². The number of hydrogen-bond acceptors (Lipinski definition) is 1. The first-order chi connectivity index (χ1) is 8.95. The number of aryl methyl sites for hydroxylation is 4. The van der Waals surface area contributed by atoms with E-state index in [1.54, 1.807) is 0 Å². The summed E-state index contributed by atoms with van der Waals surface area (Å²) in [7, 11) is 0. The van der Waals surface area contributed by atoms with E-state index in [2.05, 4.69) is 32.0 Å². The Bertz CT molecular complexity index is 616. The molecule has 0 amide bonds. The van der Waals surface area contributed by atoms with Crippen LogP contribution in [0.4, 0.5) is 0 Å². The van der Waals surface area contributed by atoms with Crippen molar-refractivity contribution in [1.82, 2.24) is 0 Å². The molecule has 0 atom stereocenters. The molecule has 0 aliphatic rings. The minimum atomic E-state index is 0.367. The number of aromatic hydroxyl groups is 1. The van der Waals surface area contributed by atoms with Crippen molar-refractivity contribution in [2.75, 3.05) is 0 Å². The highest BCUT2D eigenvalue weighted by atomic mass is 16.3. The van der Waals surface area contributed by atoms with Gasteiger partial charge in [0.25, 0.3) is 0 Å². The molecule has 0 saturated carbocycles. The monoisotopic (exact) mass is 252 g/mol. The second kappa shape index (κ2) is 5.31. The first-order valence-electron chi connectivity index (χ1n) is 6.52. The number of hydrogen-bond donors (Lipinski definition) is 1. The molecule has 0 unspecified atom stereocenters.